The molecule has 2 aliphatic rings. The van der Waals surface area contributed by atoms with Crippen molar-refractivity contribution in [1.29, 1.82) is 0 Å². The lowest BCUT2D eigenvalue weighted by Gasteiger charge is -2.24. The van der Waals surface area contributed by atoms with Gasteiger partial charge in [0.1, 0.15) is 6.61 Å². The summed E-state index contributed by atoms with van der Waals surface area (Å²) in [6.07, 6.45) is 5.75. The fraction of sp³-hybridized carbons (Fsp3) is 0.909. The Morgan fingerprint density at radius 3 is 2.73 bits per heavy atom. The van der Waals surface area contributed by atoms with Gasteiger partial charge >= 0.3 is 6.09 Å². The lowest BCUT2D eigenvalue weighted by molar-refractivity contribution is 0.0964. The van der Waals surface area contributed by atoms with Crippen LogP contribution >= 0.6 is 0 Å². The van der Waals surface area contributed by atoms with Crippen molar-refractivity contribution >= 4 is 6.09 Å². The highest BCUT2D eigenvalue weighted by atomic mass is 16.6. The second-order valence-electron chi connectivity index (χ2n) is 4.42. The summed E-state index contributed by atoms with van der Waals surface area (Å²) < 4.78 is 5.29. The number of piperidine rings is 1. The van der Waals surface area contributed by atoms with Crippen molar-refractivity contribution in [3.63, 3.8) is 0 Å². The van der Waals surface area contributed by atoms with E-state index in [1.54, 1.807) is 0 Å². The predicted molar refractivity (Wildman–Crippen MR) is 57.8 cm³/mol. The summed E-state index contributed by atoms with van der Waals surface area (Å²) in [7, 11) is 0. The smallest absolute Gasteiger partial charge is 0.409 e. The van der Waals surface area contributed by atoms with E-state index in [0.29, 0.717) is 12.6 Å². The van der Waals surface area contributed by atoms with E-state index in [0.717, 1.165) is 38.9 Å². The summed E-state index contributed by atoms with van der Waals surface area (Å²) in [6.45, 7) is 3.34. The Hall–Kier alpha value is -0.770. The van der Waals surface area contributed by atoms with Crippen LogP contribution in [0.25, 0.3) is 0 Å². The largest absolute Gasteiger partial charge is 0.448 e. The molecular formula is C11H20N2O2. The third-order valence-corrected chi connectivity index (χ3v) is 3.18. The molecule has 0 radical (unpaired) electrons. The Bertz CT molecular complexity index is 209. The number of ether oxygens (including phenoxy) is 1. The third kappa shape index (κ3) is 3.09. The highest BCUT2D eigenvalue weighted by Crippen LogP contribution is 2.11. The van der Waals surface area contributed by atoms with E-state index in [4.69, 9.17) is 4.74 Å². The third-order valence-electron chi connectivity index (χ3n) is 3.18. The molecule has 1 N–H and O–H groups in total. The number of carbonyl (C=O) groups is 1. The van der Waals surface area contributed by atoms with Gasteiger partial charge in [0, 0.05) is 19.1 Å². The molecule has 0 bridgehead atoms. The van der Waals surface area contributed by atoms with E-state index >= 15 is 0 Å². The van der Waals surface area contributed by atoms with E-state index < -0.39 is 0 Å². The Kier molecular flexibility index (Phi) is 3.83. The zero-order chi connectivity index (χ0) is 10.5. The first-order chi connectivity index (χ1) is 7.36. The SMILES string of the molecule is O=C(OC[C@H]1CCCCN1)N1CCCC1. The fourth-order valence-electron chi connectivity index (χ4n) is 2.23. The molecular weight excluding hydrogens is 192 g/mol. The van der Waals surface area contributed by atoms with Crippen molar-refractivity contribution in [2.45, 2.75) is 38.1 Å². The van der Waals surface area contributed by atoms with Gasteiger partial charge in [0.2, 0.25) is 0 Å². The van der Waals surface area contributed by atoms with Gasteiger partial charge in [-0.3, -0.25) is 0 Å². The van der Waals surface area contributed by atoms with Crippen molar-refractivity contribution in [1.82, 2.24) is 10.2 Å². The van der Waals surface area contributed by atoms with Gasteiger partial charge in [-0.05, 0) is 32.2 Å². The van der Waals surface area contributed by atoms with Gasteiger partial charge in [0.05, 0.1) is 0 Å². The van der Waals surface area contributed by atoms with Crippen LogP contribution < -0.4 is 5.32 Å². The Labute approximate surface area is 91.0 Å². The lowest BCUT2D eigenvalue weighted by Crippen LogP contribution is -2.40. The first kappa shape index (κ1) is 10.7. The average Bonchev–Trinajstić information content (AvgIpc) is 2.81. The molecule has 0 aromatic rings. The van der Waals surface area contributed by atoms with E-state index in [1.165, 1.54) is 12.8 Å². The minimum atomic E-state index is -0.125. The Morgan fingerprint density at radius 2 is 2.07 bits per heavy atom. The van der Waals surface area contributed by atoms with Gasteiger partial charge < -0.3 is 15.0 Å². The molecule has 4 heteroatoms. The number of rotatable bonds is 2. The van der Waals surface area contributed by atoms with Crippen LogP contribution in [-0.4, -0.2) is 43.3 Å². The number of likely N-dealkylation sites (tertiary alicyclic amines) is 1. The van der Waals surface area contributed by atoms with E-state index in [1.807, 2.05) is 4.90 Å². The first-order valence-corrected chi connectivity index (χ1v) is 6.01. The first-order valence-electron chi connectivity index (χ1n) is 6.01. The molecule has 0 spiro atoms. The molecule has 2 aliphatic heterocycles. The second kappa shape index (κ2) is 5.35. The highest BCUT2D eigenvalue weighted by Gasteiger charge is 2.21. The zero-order valence-electron chi connectivity index (χ0n) is 9.21. The van der Waals surface area contributed by atoms with Crippen LogP contribution in [0.15, 0.2) is 0 Å². The quantitative estimate of drug-likeness (QED) is 0.751. The number of hydrogen-bond donors (Lipinski definition) is 1. The molecule has 1 amide bonds. The van der Waals surface area contributed by atoms with Gasteiger partial charge in [-0.1, -0.05) is 6.42 Å². The van der Waals surface area contributed by atoms with Gasteiger partial charge in [-0.25, -0.2) is 4.79 Å². The van der Waals surface area contributed by atoms with Crippen molar-refractivity contribution in [3.8, 4) is 0 Å². The van der Waals surface area contributed by atoms with Crippen LogP contribution in [0, 0.1) is 0 Å². The maximum absolute atomic E-state index is 11.6. The second-order valence-corrected chi connectivity index (χ2v) is 4.42. The molecule has 2 fully saturated rings. The van der Waals surface area contributed by atoms with Gasteiger partial charge in [0.15, 0.2) is 0 Å². The van der Waals surface area contributed by atoms with E-state index in [9.17, 15) is 4.79 Å². The summed E-state index contributed by atoms with van der Waals surface area (Å²) in [5, 5.41) is 3.37. The standard InChI is InChI=1S/C11H20N2O2/c14-11(13-7-3-4-8-13)15-9-10-5-1-2-6-12-10/h10,12H,1-9H2/t10-/m1/s1. The maximum Gasteiger partial charge on any atom is 0.409 e. The molecule has 0 aromatic heterocycles. The van der Waals surface area contributed by atoms with Gasteiger partial charge in [-0.2, -0.15) is 0 Å². The minimum absolute atomic E-state index is 0.125. The van der Waals surface area contributed by atoms with E-state index in [-0.39, 0.29) is 6.09 Å². The van der Waals surface area contributed by atoms with Crippen molar-refractivity contribution in [2.24, 2.45) is 0 Å². The summed E-state index contributed by atoms with van der Waals surface area (Å²) in [4.78, 5) is 13.4. The lowest BCUT2D eigenvalue weighted by atomic mass is 10.1. The maximum atomic E-state index is 11.6. The molecule has 0 unspecified atom stereocenters. The summed E-state index contributed by atoms with van der Waals surface area (Å²) in [5.41, 5.74) is 0. The van der Waals surface area contributed by atoms with Gasteiger partial charge in [0.25, 0.3) is 0 Å². The van der Waals surface area contributed by atoms with Crippen LogP contribution in [0.1, 0.15) is 32.1 Å². The van der Waals surface area contributed by atoms with Crippen LogP contribution in [-0.2, 0) is 4.74 Å². The molecule has 0 aliphatic carbocycles. The number of nitrogens with zero attached hydrogens (tertiary/aromatic N) is 1. The highest BCUT2D eigenvalue weighted by molar-refractivity contribution is 5.67. The fourth-order valence-corrected chi connectivity index (χ4v) is 2.23. The minimum Gasteiger partial charge on any atom is -0.448 e. The monoisotopic (exact) mass is 212 g/mol. The van der Waals surface area contributed by atoms with Crippen LogP contribution in [0.2, 0.25) is 0 Å². The molecule has 2 saturated heterocycles. The molecule has 4 nitrogen and oxygen atoms in total. The van der Waals surface area contributed by atoms with Crippen LogP contribution in [0.4, 0.5) is 4.79 Å². The summed E-state index contributed by atoms with van der Waals surface area (Å²) in [6, 6.07) is 0.380. The van der Waals surface area contributed by atoms with E-state index in [2.05, 4.69) is 5.32 Å². The number of nitrogens with one attached hydrogen (secondary N) is 1. The summed E-state index contributed by atoms with van der Waals surface area (Å²) in [5.74, 6) is 0. The van der Waals surface area contributed by atoms with Crippen molar-refractivity contribution in [2.75, 3.05) is 26.2 Å². The normalized spacial score (nSPS) is 26.7. The average molecular weight is 212 g/mol. The summed E-state index contributed by atoms with van der Waals surface area (Å²) >= 11 is 0. The van der Waals surface area contributed by atoms with Crippen LogP contribution in [0.5, 0.6) is 0 Å². The number of amides is 1. The van der Waals surface area contributed by atoms with Crippen molar-refractivity contribution < 1.29 is 9.53 Å². The number of carbonyl (C=O) groups excluding carboxylic acids is 1. The Balaban J connectivity index is 1.65. The molecule has 86 valence electrons. The van der Waals surface area contributed by atoms with Gasteiger partial charge in [-0.15, -0.1) is 0 Å². The topological polar surface area (TPSA) is 41.6 Å². The molecule has 1 atom stereocenters. The van der Waals surface area contributed by atoms with Crippen molar-refractivity contribution in [3.05, 3.63) is 0 Å². The van der Waals surface area contributed by atoms with Crippen LogP contribution in [0.3, 0.4) is 0 Å². The molecule has 0 saturated carbocycles. The molecule has 15 heavy (non-hydrogen) atoms. The Morgan fingerprint density at radius 1 is 1.27 bits per heavy atom. The molecule has 0 aromatic carbocycles. The number of hydrogen-bond acceptors (Lipinski definition) is 3. The molecule has 2 heterocycles. The predicted octanol–water partition coefficient (Wildman–Crippen LogP) is 1.36. The molecule has 2 rings (SSSR count). The zero-order valence-corrected chi connectivity index (χ0v) is 9.21.